The molecule has 128 valence electrons. The highest BCUT2D eigenvalue weighted by Crippen LogP contribution is 2.12. The van der Waals surface area contributed by atoms with Gasteiger partial charge in [-0.25, -0.2) is 4.79 Å². The monoisotopic (exact) mass is 337 g/mol. The van der Waals surface area contributed by atoms with Gasteiger partial charge in [0.25, 0.3) is 0 Å². The van der Waals surface area contributed by atoms with Crippen molar-refractivity contribution in [3.8, 4) is 5.69 Å². The maximum Gasteiger partial charge on any atom is 0.368 e. The third kappa shape index (κ3) is 4.00. The molecular formula is C18H19N5O2. The number of aromatic nitrogens is 4. The maximum atomic E-state index is 12.3. The number of carbonyl (C=O) groups excluding carboxylic acids is 1. The van der Waals surface area contributed by atoms with Crippen LogP contribution >= 0.6 is 0 Å². The molecule has 7 heteroatoms. The highest BCUT2D eigenvalue weighted by Gasteiger charge is 2.13. The van der Waals surface area contributed by atoms with Crippen LogP contribution in [0, 0.1) is 0 Å². The summed E-state index contributed by atoms with van der Waals surface area (Å²) in [6, 6.07) is 18.9. The van der Waals surface area contributed by atoms with Gasteiger partial charge in [-0.05, 0) is 34.0 Å². The summed E-state index contributed by atoms with van der Waals surface area (Å²) < 4.78 is 2.22. The molecule has 7 nitrogen and oxygen atoms in total. The zero-order valence-corrected chi connectivity index (χ0v) is 13.9. The van der Waals surface area contributed by atoms with E-state index in [1.54, 1.807) is 24.3 Å². The number of hydrogen-bond donors (Lipinski definition) is 1. The van der Waals surface area contributed by atoms with Gasteiger partial charge in [0.2, 0.25) is 5.91 Å². The molecule has 1 aromatic heterocycles. The summed E-state index contributed by atoms with van der Waals surface area (Å²) in [5, 5.41) is 10.4. The molecule has 0 fully saturated rings. The van der Waals surface area contributed by atoms with Crippen LogP contribution in [-0.4, -0.2) is 32.2 Å². The van der Waals surface area contributed by atoms with E-state index in [-0.39, 0.29) is 18.4 Å². The van der Waals surface area contributed by atoms with E-state index in [1.165, 1.54) is 4.68 Å². The molecule has 0 aliphatic heterocycles. The van der Waals surface area contributed by atoms with Crippen LogP contribution in [0.1, 0.15) is 18.4 Å². The molecule has 0 aliphatic carbocycles. The van der Waals surface area contributed by atoms with Crippen molar-refractivity contribution in [2.75, 3.05) is 6.54 Å². The topological polar surface area (TPSA) is 81.8 Å². The van der Waals surface area contributed by atoms with Crippen LogP contribution in [0.15, 0.2) is 65.5 Å². The minimum Gasteiger partial charge on any atom is -0.354 e. The summed E-state index contributed by atoms with van der Waals surface area (Å²) in [5.41, 5.74) is 1.31. The molecule has 1 amide bonds. The second-order valence-corrected chi connectivity index (χ2v) is 5.78. The van der Waals surface area contributed by atoms with Crippen LogP contribution in [0.2, 0.25) is 0 Å². The van der Waals surface area contributed by atoms with Crippen LogP contribution in [0.25, 0.3) is 5.69 Å². The Bertz CT molecular complexity index is 887. The summed E-state index contributed by atoms with van der Waals surface area (Å²) in [6.45, 7) is 2.37. The maximum absolute atomic E-state index is 12.3. The first-order valence-corrected chi connectivity index (χ1v) is 8.05. The summed E-state index contributed by atoms with van der Waals surface area (Å²) in [7, 11) is 0. The van der Waals surface area contributed by atoms with Gasteiger partial charge in [0.15, 0.2) is 0 Å². The minimum atomic E-state index is -0.447. The Hall–Kier alpha value is -3.22. The first-order valence-electron chi connectivity index (χ1n) is 8.05. The van der Waals surface area contributed by atoms with Crippen molar-refractivity contribution in [1.82, 2.24) is 25.1 Å². The van der Waals surface area contributed by atoms with Crippen molar-refractivity contribution in [2.45, 2.75) is 19.4 Å². The number of nitrogens with one attached hydrogen (secondary N) is 1. The first-order chi connectivity index (χ1) is 12.1. The Kier molecular flexibility index (Phi) is 5.03. The van der Waals surface area contributed by atoms with Crippen LogP contribution in [-0.2, 0) is 11.3 Å². The van der Waals surface area contributed by atoms with Crippen molar-refractivity contribution in [1.29, 1.82) is 0 Å². The summed E-state index contributed by atoms with van der Waals surface area (Å²) in [4.78, 5) is 24.4. The summed E-state index contributed by atoms with van der Waals surface area (Å²) in [6.07, 6.45) is 0. The van der Waals surface area contributed by atoms with E-state index in [0.29, 0.717) is 12.2 Å². The van der Waals surface area contributed by atoms with E-state index < -0.39 is 5.69 Å². The third-order valence-corrected chi connectivity index (χ3v) is 3.91. The second kappa shape index (κ2) is 7.57. The SMILES string of the molecule is C[C@@H](CNC(=O)Cn1nnn(-c2ccccc2)c1=O)c1ccccc1. The van der Waals surface area contributed by atoms with Gasteiger partial charge in [-0.2, -0.15) is 9.36 Å². The summed E-state index contributed by atoms with van der Waals surface area (Å²) in [5.74, 6) is -0.0909. The highest BCUT2D eigenvalue weighted by molar-refractivity contribution is 5.75. The highest BCUT2D eigenvalue weighted by atomic mass is 16.2. The fourth-order valence-electron chi connectivity index (χ4n) is 2.46. The Labute approximate surface area is 144 Å². The molecule has 0 saturated heterocycles. The van der Waals surface area contributed by atoms with Crippen LogP contribution < -0.4 is 11.0 Å². The summed E-state index contributed by atoms with van der Waals surface area (Å²) >= 11 is 0. The molecule has 0 aliphatic rings. The van der Waals surface area contributed by atoms with Gasteiger partial charge in [-0.1, -0.05) is 55.5 Å². The quantitative estimate of drug-likeness (QED) is 0.736. The van der Waals surface area contributed by atoms with Gasteiger partial charge in [0.05, 0.1) is 5.69 Å². The standard InChI is InChI=1S/C18H19N5O2/c1-14(15-8-4-2-5-9-15)12-19-17(24)13-22-18(25)23(21-20-22)16-10-6-3-7-11-16/h2-11,14H,12-13H2,1H3,(H,19,24)/t14-/m0/s1. The van der Waals surface area contributed by atoms with E-state index in [4.69, 9.17) is 0 Å². The van der Waals surface area contributed by atoms with Crippen LogP contribution in [0.4, 0.5) is 0 Å². The second-order valence-electron chi connectivity index (χ2n) is 5.78. The molecule has 0 saturated carbocycles. The number of benzene rings is 2. The Balaban J connectivity index is 1.60. The number of para-hydroxylation sites is 1. The smallest absolute Gasteiger partial charge is 0.354 e. The number of hydrogen-bond acceptors (Lipinski definition) is 4. The van der Waals surface area contributed by atoms with Crippen molar-refractivity contribution >= 4 is 5.91 Å². The van der Waals surface area contributed by atoms with E-state index in [0.717, 1.165) is 10.2 Å². The van der Waals surface area contributed by atoms with Crippen molar-refractivity contribution in [3.05, 3.63) is 76.7 Å². The predicted octanol–water partition coefficient (Wildman–Crippen LogP) is 1.35. The van der Waals surface area contributed by atoms with Crippen LogP contribution in [0.5, 0.6) is 0 Å². The zero-order chi connectivity index (χ0) is 17.6. The first kappa shape index (κ1) is 16.6. The lowest BCUT2D eigenvalue weighted by Crippen LogP contribution is -2.35. The van der Waals surface area contributed by atoms with Crippen LogP contribution in [0.3, 0.4) is 0 Å². The average Bonchev–Trinajstić information content (AvgIpc) is 3.01. The lowest BCUT2D eigenvalue weighted by molar-refractivity contribution is -0.122. The lowest BCUT2D eigenvalue weighted by Gasteiger charge is -2.12. The lowest BCUT2D eigenvalue weighted by atomic mass is 10.0. The van der Waals surface area contributed by atoms with Crippen molar-refractivity contribution in [2.24, 2.45) is 0 Å². The molecule has 1 heterocycles. The van der Waals surface area contributed by atoms with Gasteiger partial charge in [0, 0.05) is 6.54 Å². The fraction of sp³-hybridized carbons (Fsp3) is 0.222. The van der Waals surface area contributed by atoms with Crippen molar-refractivity contribution < 1.29 is 4.79 Å². The van der Waals surface area contributed by atoms with E-state index >= 15 is 0 Å². The Morgan fingerprint density at radius 3 is 2.36 bits per heavy atom. The van der Waals surface area contributed by atoms with Gasteiger partial charge < -0.3 is 5.32 Å². The third-order valence-electron chi connectivity index (χ3n) is 3.91. The molecule has 1 atom stereocenters. The van der Waals surface area contributed by atoms with E-state index in [2.05, 4.69) is 15.7 Å². The van der Waals surface area contributed by atoms with Crippen molar-refractivity contribution in [3.63, 3.8) is 0 Å². The number of tetrazole rings is 1. The van der Waals surface area contributed by atoms with E-state index in [9.17, 15) is 9.59 Å². The van der Waals surface area contributed by atoms with Gasteiger partial charge in [-0.3, -0.25) is 4.79 Å². The minimum absolute atomic E-state index is 0.160. The molecule has 2 aromatic carbocycles. The molecule has 0 bridgehead atoms. The molecule has 0 spiro atoms. The molecule has 0 radical (unpaired) electrons. The van der Waals surface area contributed by atoms with E-state index in [1.807, 2.05) is 43.3 Å². The predicted molar refractivity (Wildman–Crippen MR) is 93.5 cm³/mol. The number of rotatable bonds is 6. The van der Waals surface area contributed by atoms with Gasteiger partial charge in [0.1, 0.15) is 6.54 Å². The Morgan fingerprint density at radius 1 is 1.04 bits per heavy atom. The zero-order valence-electron chi connectivity index (χ0n) is 13.9. The number of nitrogens with zero attached hydrogens (tertiary/aromatic N) is 4. The Morgan fingerprint density at radius 2 is 1.68 bits per heavy atom. The van der Waals surface area contributed by atoms with Gasteiger partial charge in [-0.15, -0.1) is 0 Å². The number of carbonyl (C=O) groups is 1. The largest absolute Gasteiger partial charge is 0.368 e. The molecule has 25 heavy (non-hydrogen) atoms. The van der Waals surface area contributed by atoms with Gasteiger partial charge >= 0.3 is 5.69 Å². The molecule has 3 rings (SSSR count). The number of amides is 1. The normalized spacial score (nSPS) is 11.9. The molecule has 0 unspecified atom stereocenters. The molecule has 1 N–H and O–H groups in total. The molecule has 3 aromatic rings. The molecular weight excluding hydrogens is 318 g/mol. The average molecular weight is 337 g/mol. The fourth-order valence-corrected chi connectivity index (χ4v) is 2.46.